The molecule has 2 unspecified atom stereocenters. The number of carboxylic acid groups (broad SMARTS) is 1. The van der Waals surface area contributed by atoms with Crippen LogP contribution in [0.15, 0.2) is 18.2 Å². The molecule has 4 nitrogen and oxygen atoms in total. The van der Waals surface area contributed by atoms with Crippen molar-refractivity contribution in [2.75, 3.05) is 0 Å². The van der Waals surface area contributed by atoms with E-state index in [1.54, 1.807) is 13.8 Å². The second-order valence-corrected chi connectivity index (χ2v) is 5.59. The van der Waals surface area contributed by atoms with Crippen LogP contribution in [0.5, 0.6) is 0 Å². The molecule has 0 saturated carbocycles. The molecular weight excluding hydrogens is 285 g/mol. The Bertz CT molecular complexity index is 561. The Morgan fingerprint density at radius 2 is 2.15 bits per heavy atom. The minimum atomic E-state index is -1.11. The van der Waals surface area contributed by atoms with Crippen LogP contribution < -0.4 is 0 Å². The number of benzene rings is 1. The summed E-state index contributed by atoms with van der Waals surface area (Å²) in [5.74, 6) is -2.90. The largest absolute Gasteiger partial charge is 0.481 e. The van der Waals surface area contributed by atoms with E-state index in [4.69, 9.17) is 11.6 Å². The molecule has 1 fully saturated rings. The molecule has 20 heavy (non-hydrogen) atoms. The zero-order valence-electron chi connectivity index (χ0n) is 11.1. The molecule has 1 saturated heterocycles. The molecule has 2 rings (SSSR count). The maximum Gasteiger partial charge on any atom is 0.309 e. The molecule has 1 aliphatic rings. The highest BCUT2D eigenvalue weighted by molar-refractivity contribution is 6.30. The molecule has 1 aromatic rings. The third-order valence-electron chi connectivity index (χ3n) is 3.51. The van der Waals surface area contributed by atoms with Crippen LogP contribution in [0.3, 0.4) is 0 Å². The number of halogens is 2. The molecule has 1 amide bonds. The minimum Gasteiger partial charge on any atom is -0.481 e. The number of nitrogens with zero attached hydrogens (tertiary/aromatic N) is 1. The number of aliphatic carboxylic acids is 1. The fourth-order valence-electron chi connectivity index (χ4n) is 2.69. The van der Waals surface area contributed by atoms with Gasteiger partial charge in [-0.15, -0.1) is 0 Å². The van der Waals surface area contributed by atoms with E-state index in [0.29, 0.717) is 5.02 Å². The van der Waals surface area contributed by atoms with Crippen LogP contribution in [0.25, 0.3) is 0 Å². The number of carbonyl (C=O) groups excluding carboxylic acids is 1. The second kappa shape index (κ2) is 5.40. The lowest BCUT2D eigenvalue weighted by molar-refractivity contribution is -0.142. The smallest absolute Gasteiger partial charge is 0.309 e. The minimum absolute atomic E-state index is 0.121. The van der Waals surface area contributed by atoms with Crippen molar-refractivity contribution in [2.45, 2.75) is 32.4 Å². The molecule has 2 atom stereocenters. The summed E-state index contributed by atoms with van der Waals surface area (Å²) < 4.78 is 14.0. The topological polar surface area (TPSA) is 57.6 Å². The summed E-state index contributed by atoms with van der Waals surface area (Å²) in [7, 11) is 0. The predicted molar refractivity (Wildman–Crippen MR) is 71.9 cm³/mol. The summed E-state index contributed by atoms with van der Waals surface area (Å²) >= 11 is 5.87. The van der Waals surface area contributed by atoms with Gasteiger partial charge in [-0.25, -0.2) is 4.39 Å². The van der Waals surface area contributed by atoms with Crippen LogP contribution in [0.2, 0.25) is 5.02 Å². The maximum absolute atomic E-state index is 14.0. The van der Waals surface area contributed by atoms with E-state index in [-0.39, 0.29) is 23.9 Å². The Balaban J connectivity index is 2.54. The molecule has 1 aliphatic heterocycles. The van der Waals surface area contributed by atoms with Crippen LogP contribution >= 0.6 is 11.6 Å². The summed E-state index contributed by atoms with van der Waals surface area (Å²) in [6, 6.07) is 2.95. The van der Waals surface area contributed by atoms with Crippen molar-refractivity contribution >= 4 is 23.5 Å². The van der Waals surface area contributed by atoms with Gasteiger partial charge in [-0.1, -0.05) is 11.6 Å². The lowest BCUT2D eigenvalue weighted by Crippen LogP contribution is -2.36. The van der Waals surface area contributed by atoms with Gasteiger partial charge in [0, 0.05) is 23.0 Å². The first-order valence-electron chi connectivity index (χ1n) is 6.32. The summed E-state index contributed by atoms with van der Waals surface area (Å²) in [5, 5.41) is 9.60. The van der Waals surface area contributed by atoms with Crippen molar-refractivity contribution < 1.29 is 19.1 Å². The molecule has 0 aliphatic carbocycles. The normalized spacial score (nSPS) is 22.6. The predicted octanol–water partition coefficient (Wildman–Crippen LogP) is 2.86. The third kappa shape index (κ3) is 2.50. The molecule has 1 heterocycles. The first kappa shape index (κ1) is 14.8. The molecule has 0 bridgehead atoms. The van der Waals surface area contributed by atoms with Crippen molar-refractivity contribution in [3.8, 4) is 0 Å². The summed E-state index contributed by atoms with van der Waals surface area (Å²) in [5.41, 5.74) is 0.157. The number of likely N-dealkylation sites (tertiary alicyclic amines) is 1. The van der Waals surface area contributed by atoms with E-state index in [9.17, 15) is 19.1 Å². The number of hydrogen-bond acceptors (Lipinski definition) is 2. The van der Waals surface area contributed by atoms with Gasteiger partial charge in [-0.3, -0.25) is 9.59 Å². The average Bonchev–Trinajstić information content (AvgIpc) is 2.70. The molecule has 0 aromatic heterocycles. The zero-order valence-corrected chi connectivity index (χ0v) is 11.9. The zero-order chi connectivity index (χ0) is 15.0. The van der Waals surface area contributed by atoms with Crippen molar-refractivity contribution in [1.29, 1.82) is 0 Å². The van der Waals surface area contributed by atoms with Gasteiger partial charge in [0.15, 0.2) is 0 Å². The quantitative estimate of drug-likeness (QED) is 0.933. The molecule has 6 heteroatoms. The molecule has 0 radical (unpaired) electrons. The van der Waals surface area contributed by atoms with E-state index in [1.807, 2.05) is 0 Å². The first-order valence-corrected chi connectivity index (χ1v) is 6.69. The molecule has 0 spiro atoms. The van der Waals surface area contributed by atoms with E-state index >= 15 is 0 Å². The Kier molecular flexibility index (Phi) is 3.99. The third-order valence-corrected chi connectivity index (χ3v) is 3.75. The van der Waals surface area contributed by atoms with Gasteiger partial charge in [0.2, 0.25) is 5.91 Å². The van der Waals surface area contributed by atoms with Gasteiger partial charge in [-0.05, 0) is 32.0 Å². The standard InChI is InChI=1S/C14H15ClFNO3/c1-7(2)17-12(18)6-10(14(19)20)13(17)9-5-8(15)3-4-11(9)16/h3-5,7,10,13H,6H2,1-2H3,(H,19,20). The van der Waals surface area contributed by atoms with E-state index in [0.717, 1.165) is 0 Å². The maximum atomic E-state index is 14.0. The highest BCUT2D eigenvalue weighted by atomic mass is 35.5. The Hall–Kier alpha value is -1.62. The van der Waals surface area contributed by atoms with Gasteiger partial charge in [-0.2, -0.15) is 0 Å². The van der Waals surface area contributed by atoms with E-state index in [2.05, 4.69) is 0 Å². The second-order valence-electron chi connectivity index (χ2n) is 5.15. The summed E-state index contributed by atoms with van der Waals surface area (Å²) in [6.07, 6.45) is -0.121. The number of carboxylic acids is 1. The summed E-state index contributed by atoms with van der Waals surface area (Å²) in [4.78, 5) is 24.8. The summed E-state index contributed by atoms with van der Waals surface area (Å²) in [6.45, 7) is 3.55. The van der Waals surface area contributed by atoms with Crippen LogP contribution in [0.1, 0.15) is 31.9 Å². The highest BCUT2D eigenvalue weighted by Gasteiger charge is 2.46. The van der Waals surface area contributed by atoms with Gasteiger partial charge in [0.05, 0.1) is 12.0 Å². The molecule has 1 aromatic carbocycles. The van der Waals surface area contributed by atoms with E-state index in [1.165, 1.54) is 23.1 Å². The van der Waals surface area contributed by atoms with Crippen molar-refractivity contribution in [3.05, 3.63) is 34.6 Å². The Morgan fingerprint density at radius 1 is 1.50 bits per heavy atom. The highest BCUT2D eigenvalue weighted by Crippen LogP contribution is 2.41. The van der Waals surface area contributed by atoms with Gasteiger partial charge in [0.1, 0.15) is 5.82 Å². The molecule has 1 N–H and O–H groups in total. The Labute approximate surface area is 121 Å². The lowest BCUT2D eigenvalue weighted by Gasteiger charge is -2.31. The van der Waals surface area contributed by atoms with Crippen molar-refractivity contribution in [2.24, 2.45) is 5.92 Å². The number of carbonyl (C=O) groups is 2. The Morgan fingerprint density at radius 3 is 2.70 bits per heavy atom. The number of amides is 1. The monoisotopic (exact) mass is 299 g/mol. The molecule has 108 valence electrons. The number of rotatable bonds is 3. The first-order chi connectivity index (χ1) is 9.32. The fourth-order valence-corrected chi connectivity index (χ4v) is 2.87. The van der Waals surface area contributed by atoms with E-state index < -0.39 is 23.7 Å². The lowest BCUT2D eigenvalue weighted by atomic mass is 9.93. The molecular formula is C14H15ClFNO3. The SMILES string of the molecule is CC(C)N1C(=O)CC(C(=O)O)C1c1cc(Cl)ccc1F. The van der Waals surface area contributed by atoms with Gasteiger partial charge in [0.25, 0.3) is 0 Å². The van der Waals surface area contributed by atoms with Crippen LogP contribution in [-0.4, -0.2) is 27.9 Å². The fraction of sp³-hybridized carbons (Fsp3) is 0.429. The van der Waals surface area contributed by atoms with Gasteiger partial charge >= 0.3 is 5.97 Å². The van der Waals surface area contributed by atoms with Crippen molar-refractivity contribution in [1.82, 2.24) is 4.90 Å². The van der Waals surface area contributed by atoms with Gasteiger partial charge < -0.3 is 10.0 Å². The van der Waals surface area contributed by atoms with Crippen LogP contribution in [0.4, 0.5) is 4.39 Å². The van der Waals surface area contributed by atoms with Crippen molar-refractivity contribution in [3.63, 3.8) is 0 Å². The van der Waals surface area contributed by atoms with Crippen LogP contribution in [-0.2, 0) is 9.59 Å². The number of hydrogen-bond donors (Lipinski definition) is 1. The average molecular weight is 300 g/mol. The van der Waals surface area contributed by atoms with Crippen LogP contribution in [0, 0.1) is 11.7 Å².